The van der Waals surface area contributed by atoms with E-state index < -0.39 is 0 Å². The van der Waals surface area contributed by atoms with Crippen LogP contribution >= 0.6 is 0 Å². The van der Waals surface area contributed by atoms with Gasteiger partial charge in [0.1, 0.15) is 5.75 Å². The van der Waals surface area contributed by atoms with Crippen molar-refractivity contribution in [3.05, 3.63) is 36.5 Å². The first kappa shape index (κ1) is 7.10. The Balaban J connectivity index is 2.79. The van der Waals surface area contributed by atoms with Crippen molar-refractivity contribution in [2.45, 2.75) is 0 Å². The molecular formula is C10H8NO. The van der Waals surface area contributed by atoms with Gasteiger partial charge in [-0.05, 0) is 12.1 Å². The molecule has 1 aromatic carbocycles. The Kier molecular flexibility index (Phi) is 1.67. The lowest BCUT2D eigenvalue weighted by molar-refractivity contribution is 0.419. The van der Waals surface area contributed by atoms with Gasteiger partial charge in [-0.1, -0.05) is 12.1 Å². The maximum Gasteiger partial charge on any atom is 0.130 e. The van der Waals surface area contributed by atoms with Gasteiger partial charge in [-0.2, -0.15) is 0 Å². The topological polar surface area (TPSA) is 22.1 Å². The van der Waals surface area contributed by atoms with Gasteiger partial charge in [0.15, 0.2) is 0 Å². The zero-order chi connectivity index (χ0) is 8.39. The summed E-state index contributed by atoms with van der Waals surface area (Å²) in [6, 6.07) is 9.57. The number of para-hydroxylation sites is 1. The minimum Gasteiger partial charge on any atom is -0.496 e. The molecule has 0 unspecified atom stereocenters. The summed E-state index contributed by atoms with van der Waals surface area (Å²) in [5.41, 5.74) is 0.914. The Labute approximate surface area is 70.8 Å². The van der Waals surface area contributed by atoms with Gasteiger partial charge in [-0.3, -0.25) is 0 Å². The third-order valence-electron chi connectivity index (χ3n) is 1.77. The zero-order valence-electron chi connectivity index (χ0n) is 6.74. The molecule has 0 spiro atoms. The standard InChI is InChI=1S/C10H8NO/c1-12-10-6-7-11-9-5-3-2-4-8(9)10/h2-6H,1H3. The Morgan fingerprint density at radius 2 is 2.17 bits per heavy atom. The van der Waals surface area contributed by atoms with Gasteiger partial charge in [0, 0.05) is 11.5 Å². The lowest BCUT2D eigenvalue weighted by Gasteiger charge is -2.02. The van der Waals surface area contributed by atoms with E-state index in [1.807, 2.05) is 24.3 Å². The predicted octanol–water partition coefficient (Wildman–Crippen LogP) is 2.04. The number of hydrogen-bond acceptors (Lipinski definition) is 2. The molecule has 0 aliphatic rings. The van der Waals surface area contributed by atoms with Crippen molar-refractivity contribution in [1.29, 1.82) is 0 Å². The van der Waals surface area contributed by atoms with Crippen LogP contribution in [0.4, 0.5) is 0 Å². The Hall–Kier alpha value is -1.57. The number of hydrogen-bond donors (Lipinski definition) is 0. The fourth-order valence-electron chi connectivity index (χ4n) is 1.19. The van der Waals surface area contributed by atoms with Crippen molar-refractivity contribution in [2.24, 2.45) is 0 Å². The van der Waals surface area contributed by atoms with Gasteiger partial charge in [-0.15, -0.1) is 0 Å². The smallest absolute Gasteiger partial charge is 0.130 e. The Bertz CT molecular complexity index is 392. The quantitative estimate of drug-likeness (QED) is 0.633. The van der Waals surface area contributed by atoms with Crippen LogP contribution in [-0.4, -0.2) is 12.1 Å². The SMILES string of the molecule is COc1c[c]nc2ccccc12. The highest BCUT2D eigenvalue weighted by Gasteiger charge is 1.98. The summed E-state index contributed by atoms with van der Waals surface area (Å²) in [5, 5.41) is 1.03. The number of methoxy groups -OCH3 is 1. The van der Waals surface area contributed by atoms with Crippen LogP contribution in [-0.2, 0) is 0 Å². The molecule has 0 amide bonds. The molecule has 0 saturated heterocycles. The molecule has 0 bridgehead atoms. The van der Waals surface area contributed by atoms with E-state index in [2.05, 4.69) is 11.2 Å². The second-order valence-corrected chi connectivity index (χ2v) is 2.47. The molecule has 12 heavy (non-hydrogen) atoms. The molecule has 0 fully saturated rings. The highest BCUT2D eigenvalue weighted by molar-refractivity contribution is 5.84. The molecule has 0 aliphatic carbocycles. The fraction of sp³-hybridized carbons (Fsp3) is 0.100. The van der Waals surface area contributed by atoms with Crippen LogP contribution in [0.5, 0.6) is 5.75 Å². The number of aromatic nitrogens is 1. The maximum atomic E-state index is 5.16. The largest absolute Gasteiger partial charge is 0.496 e. The van der Waals surface area contributed by atoms with Gasteiger partial charge >= 0.3 is 0 Å². The van der Waals surface area contributed by atoms with Crippen molar-refractivity contribution in [3.63, 3.8) is 0 Å². The number of benzene rings is 1. The van der Waals surface area contributed by atoms with E-state index >= 15 is 0 Å². The number of nitrogens with zero attached hydrogens (tertiary/aromatic N) is 1. The molecule has 2 heteroatoms. The first-order valence-electron chi connectivity index (χ1n) is 3.71. The molecular weight excluding hydrogens is 150 g/mol. The summed E-state index contributed by atoms with van der Waals surface area (Å²) in [4.78, 5) is 4.08. The molecule has 1 radical (unpaired) electrons. The lowest BCUT2D eigenvalue weighted by Crippen LogP contribution is -1.85. The number of ether oxygens (including phenoxy) is 1. The van der Waals surface area contributed by atoms with Gasteiger partial charge < -0.3 is 4.74 Å². The van der Waals surface area contributed by atoms with Crippen LogP contribution < -0.4 is 4.74 Å². The minimum absolute atomic E-state index is 0.820. The molecule has 2 rings (SSSR count). The van der Waals surface area contributed by atoms with Gasteiger partial charge in [0.05, 0.1) is 18.8 Å². The van der Waals surface area contributed by atoms with E-state index in [1.54, 1.807) is 13.2 Å². The average Bonchev–Trinajstić information content (AvgIpc) is 2.17. The molecule has 2 aromatic rings. The summed E-state index contributed by atoms with van der Waals surface area (Å²) < 4.78 is 5.16. The summed E-state index contributed by atoms with van der Waals surface area (Å²) in [6.07, 6.45) is 2.78. The first-order chi connectivity index (χ1) is 5.92. The highest BCUT2D eigenvalue weighted by Crippen LogP contribution is 2.21. The van der Waals surface area contributed by atoms with Gasteiger partial charge in [-0.25, -0.2) is 4.98 Å². The number of pyridine rings is 1. The maximum absolute atomic E-state index is 5.16. The summed E-state index contributed by atoms with van der Waals surface area (Å²) >= 11 is 0. The van der Waals surface area contributed by atoms with Crippen molar-refractivity contribution in [3.8, 4) is 5.75 Å². The van der Waals surface area contributed by atoms with E-state index in [0.29, 0.717) is 0 Å². The third-order valence-corrected chi connectivity index (χ3v) is 1.77. The van der Waals surface area contributed by atoms with Crippen LogP contribution in [0.15, 0.2) is 30.3 Å². The Morgan fingerprint density at radius 3 is 3.00 bits per heavy atom. The van der Waals surface area contributed by atoms with Crippen LogP contribution in [0.25, 0.3) is 10.9 Å². The molecule has 1 aromatic heterocycles. The first-order valence-corrected chi connectivity index (χ1v) is 3.71. The van der Waals surface area contributed by atoms with E-state index in [4.69, 9.17) is 4.74 Å². The van der Waals surface area contributed by atoms with E-state index in [0.717, 1.165) is 16.7 Å². The average molecular weight is 158 g/mol. The van der Waals surface area contributed by atoms with Crippen LogP contribution in [0.2, 0.25) is 0 Å². The number of rotatable bonds is 1. The zero-order valence-corrected chi connectivity index (χ0v) is 6.74. The van der Waals surface area contributed by atoms with Crippen molar-refractivity contribution in [2.75, 3.05) is 7.11 Å². The van der Waals surface area contributed by atoms with Gasteiger partial charge in [0.2, 0.25) is 0 Å². The number of fused-ring (bicyclic) bond motifs is 1. The fourth-order valence-corrected chi connectivity index (χ4v) is 1.19. The Morgan fingerprint density at radius 1 is 1.33 bits per heavy atom. The van der Waals surface area contributed by atoms with E-state index in [-0.39, 0.29) is 0 Å². The summed E-state index contributed by atoms with van der Waals surface area (Å²) in [7, 11) is 1.65. The van der Waals surface area contributed by atoms with Gasteiger partial charge in [0.25, 0.3) is 0 Å². The van der Waals surface area contributed by atoms with Crippen molar-refractivity contribution >= 4 is 10.9 Å². The molecule has 0 aliphatic heterocycles. The normalized spacial score (nSPS) is 10.1. The van der Waals surface area contributed by atoms with Crippen LogP contribution in [0.1, 0.15) is 0 Å². The monoisotopic (exact) mass is 158 g/mol. The highest BCUT2D eigenvalue weighted by atomic mass is 16.5. The van der Waals surface area contributed by atoms with Crippen molar-refractivity contribution in [1.82, 2.24) is 4.98 Å². The molecule has 1 heterocycles. The minimum atomic E-state index is 0.820. The second-order valence-electron chi connectivity index (χ2n) is 2.47. The molecule has 2 nitrogen and oxygen atoms in total. The van der Waals surface area contributed by atoms with E-state index in [1.165, 1.54) is 0 Å². The lowest BCUT2D eigenvalue weighted by atomic mass is 10.2. The molecule has 0 saturated carbocycles. The summed E-state index contributed by atoms with van der Waals surface area (Å²) in [6.45, 7) is 0. The second kappa shape index (κ2) is 2.81. The predicted molar refractivity (Wildman–Crippen MR) is 47.1 cm³/mol. The third kappa shape index (κ3) is 1.01. The van der Waals surface area contributed by atoms with Crippen LogP contribution in [0.3, 0.4) is 0 Å². The molecule has 0 N–H and O–H groups in total. The van der Waals surface area contributed by atoms with E-state index in [9.17, 15) is 0 Å². The molecule has 0 atom stereocenters. The van der Waals surface area contributed by atoms with Crippen LogP contribution in [0, 0.1) is 6.20 Å². The molecule has 59 valence electrons. The van der Waals surface area contributed by atoms with Crippen molar-refractivity contribution < 1.29 is 4.74 Å². The summed E-state index contributed by atoms with van der Waals surface area (Å²) in [5.74, 6) is 0.820.